The van der Waals surface area contributed by atoms with Crippen LogP contribution < -0.4 is 16.0 Å². The number of anilines is 1. The molecule has 0 saturated carbocycles. The van der Waals surface area contributed by atoms with Crippen LogP contribution in [0.3, 0.4) is 0 Å². The van der Waals surface area contributed by atoms with Gasteiger partial charge in [-0.2, -0.15) is 0 Å². The van der Waals surface area contributed by atoms with Gasteiger partial charge in [0.05, 0.1) is 6.54 Å². The van der Waals surface area contributed by atoms with Gasteiger partial charge in [0, 0.05) is 37.1 Å². The van der Waals surface area contributed by atoms with E-state index < -0.39 is 0 Å². The third-order valence-electron chi connectivity index (χ3n) is 4.10. The lowest BCUT2D eigenvalue weighted by molar-refractivity contribution is -0.120. The maximum Gasteiger partial charge on any atom is 0.251 e. The molecule has 3 rings (SSSR count). The Hall–Kier alpha value is -3.75. The predicted molar refractivity (Wildman–Crippen MR) is 109 cm³/mol. The SMILES string of the molecule is Cc1nc(NCCNC(=O)CNC(=O)c2ccccc2)cc(-n2ccnc2C)n1. The molecule has 0 aliphatic rings. The molecule has 9 nitrogen and oxygen atoms in total. The molecule has 9 heteroatoms. The lowest BCUT2D eigenvalue weighted by atomic mass is 10.2. The van der Waals surface area contributed by atoms with Crippen molar-refractivity contribution in [2.24, 2.45) is 0 Å². The fourth-order valence-corrected chi connectivity index (χ4v) is 2.69. The molecule has 1 aromatic carbocycles. The van der Waals surface area contributed by atoms with Crippen LogP contribution in [0.1, 0.15) is 22.0 Å². The zero-order valence-corrected chi connectivity index (χ0v) is 16.3. The molecule has 0 fully saturated rings. The summed E-state index contributed by atoms with van der Waals surface area (Å²) in [7, 11) is 0. The number of rotatable bonds is 8. The minimum absolute atomic E-state index is 0.0790. The Morgan fingerprint density at radius 2 is 1.83 bits per heavy atom. The molecule has 3 aromatic rings. The number of amides is 2. The van der Waals surface area contributed by atoms with Crippen molar-refractivity contribution in [3.63, 3.8) is 0 Å². The molecular formula is C20H23N7O2. The molecular weight excluding hydrogens is 370 g/mol. The third-order valence-corrected chi connectivity index (χ3v) is 4.10. The highest BCUT2D eigenvalue weighted by atomic mass is 16.2. The van der Waals surface area contributed by atoms with Crippen molar-refractivity contribution in [3.05, 3.63) is 66.0 Å². The molecule has 2 amide bonds. The van der Waals surface area contributed by atoms with Gasteiger partial charge in [-0.25, -0.2) is 15.0 Å². The molecule has 3 N–H and O–H groups in total. The van der Waals surface area contributed by atoms with Gasteiger partial charge in [-0.15, -0.1) is 0 Å². The van der Waals surface area contributed by atoms with Crippen LogP contribution in [0.2, 0.25) is 0 Å². The number of aryl methyl sites for hydroxylation is 2. The second-order valence-electron chi connectivity index (χ2n) is 6.33. The highest BCUT2D eigenvalue weighted by molar-refractivity contribution is 5.96. The molecule has 150 valence electrons. The molecule has 0 aliphatic carbocycles. The van der Waals surface area contributed by atoms with E-state index in [1.165, 1.54) is 0 Å². The Bertz CT molecular complexity index is 986. The highest BCUT2D eigenvalue weighted by Crippen LogP contribution is 2.12. The molecule has 0 unspecified atom stereocenters. The van der Waals surface area contributed by atoms with Crippen molar-refractivity contribution in [2.45, 2.75) is 13.8 Å². The molecule has 2 aromatic heterocycles. The van der Waals surface area contributed by atoms with E-state index in [1.807, 2.05) is 36.7 Å². The van der Waals surface area contributed by atoms with Crippen molar-refractivity contribution in [2.75, 3.05) is 25.0 Å². The van der Waals surface area contributed by atoms with Crippen molar-refractivity contribution in [3.8, 4) is 5.82 Å². The Morgan fingerprint density at radius 1 is 1.03 bits per heavy atom. The maximum absolute atomic E-state index is 11.9. The summed E-state index contributed by atoms with van der Waals surface area (Å²) in [4.78, 5) is 36.8. The first-order valence-corrected chi connectivity index (χ1v) is 9.23. The molecule has 29 heavy (non-hydrogen) atoms. The van der Waals surface area contributed by atoms with E-state index >= 15 is 0 Å². The van der Waals surface area contributed by atoms with Crippen LogP contribution in [0.15, 0.2) is 48.8 Å². The average molecular weight is 393 g/mol. The van der Waals surface area contributed by atoms with Gasteiger partial charge < -0.3 is 16.0 Å². The number of nitrogens with one attached hydrogen (secondary N) is 3. The topological polar surface area (TPSA) is 114 Å². The highest BCUT2D eigenvalue weighted by Gasteiger charge is 2.08. The number of aromatic nitrogens is 4. The summed E-state index contributed by atoms with van der Waals surface area (Å²) in [6.07, 6.45) is 3.55. The summed E-state index contributed by atoms with van der Waals surface area (Å²) in [6.45, 7) is 4.51. The Balaban J connectivity index is 1.43. The smallest absolute Gasteiger partial charge is 0.251 e. The van der Waals surface area contributed by atoms with Gasteiger partial charge in [0.25, 0.3) is 5.91 Å². The lowest BCUT2D eigenvalue weighted by Crippen LogP contribution is -2.38. The summed E-state index contributed by atoms with van der Waals surface area (Å²) < 4.78 is 1.87. The van der Waals surface area contributed by atoms with E-state index in [2.05, 4.69) is 30.9 Å². The van der Waals surface area contributed by atoms with Gasteiger partial charge in [0.15, 0.2) is 0 Å². The minimum Gasteiger partial charge on any atom is -0.368 e. The first-order chi connectivity index (χ1) is 14.0. The van der Waals surface area contributed by atoms with E-state index in [9.17, 15) is 9.59 Å². The second-order valence-corrected chi connectivity index (χ2v) is 6.33. The van der Waals surface area contributed by atoms with E-state index in [0.29, 0.717) is 30.3 Å². The van der Waals surface area contributed by atoms with Gasteiger partial charge in [0.1, 0.15) is 23.3 Å². The third kappa shape index (κ3) is 5.61. The van der Waals surface area contributed by atoms with Crippen LogP contribution in [0.4, 0.5) is 5.82 Å². The summed E-state index contributed by atoms with van der Waals surface area (Å²) in [5, 5.41) is 8.51. The van der Waals surface area contributed by atoms with E-state index in [4.69, 9.17) is 0 Å². The Labute approximate surface area is 168 Å². The Morgan fingerprint density at radius 3 is 2.55 bits per heavy atom. The van der Waals surface area contributed by atoms with Crippen LogP contribution in [-0.2, 0) is 4.79 Å². The number of nitrogens with zero attached hydrogens (tertiary/aromatic N) is 4. The minimum atomic E-state index is -0.280. The normalized spacial score (nSPS) is 10.4. The fourth-order valence-electron chi connectivity index (χ4n) is 2.69. The quantitative estimate of drug-likeness (QED) is 0.496. The first-order valence-electron chi connectivity index (χ1n) is 9.23. The van der Waals surface area contributed by atoms with Gasteiger partial charge in [-0.05, 0) is 26.0 Å². The number of benzene rings is 1. The van der Waals surface area contributed by atoms with Crippen LogP contribution in [-0.4, -0.2) is 51.0 Å². The van der Waals surface area contributed by atoms with Crippen LogP contribution in [0, 0.1) is 13.8 Å². The zero-order chi connectivity index (χ0) is 20.6. The van der Waals surface area contributed by atoms with Gasteiger partial charge in [0.2, 0.25) is 5.91 Å². The number of hydrogen-bond acceptors (Lipinski definition) is 6. The van der Waals surface area contributed by atoms with Crippen molar-refractivity contribution < 1.29 is 9.59 Å². The van der Waals surface area contributed by atoms with Crippen molar-refractivity contribution >= 4 is 17.6 Å². The molecule has 0 radical (unpaired) electrons. The van der Waals surface area contributed by atoms with Crippen LogP contribution in [0.25, 0.3) is 5.82 Å². The molecule has 2 heterocycles. The monoisotopic (exact) mass is 393 g/mol. The average Bonchev–Trinajstić information content (AvgIpc) is 3.15. The first kappa shape index (κ1) is 20.0. The molecule has 0 aliphatic heterocycles. The fraction of sp³-hybridized carbons (Fsp3) is 0.250. The van der Waals surface area contributed by atoms with Gasteiger partial charge >= 0.3 is 0 Å². The summed E-state index contributed by atoms with van der Waals surface area (Å²) in [5.41, 5.74) is 0.519. The lowest BCUT2D eigenvalue weighted by Gasteiger charge is -2.11. The van der Waals surface area contributed by atoms with Crippen LogP contribution in [0.5, 0.6) is 0 Å². The number of carbonyl (C=O) groups is 2. The van der Waals surface area contributed by atoms with E-state index in [1.54, 1.807) is 30.5 Å². The van der Waals surface area contributed by atoms with Crippen LogP contribution >= 0.6 is 0 Å². The predicted octanol–water partition coefficient (Wildman–Crippen LogP) is 1.24. The maximum atomic E-state index is 11.9. The molecule has 0 saturated heterocycles. The largest absolute Gasteiger partial charge is 0.368 e. The van der Waals surface area contributed by atoms with Crippen molar-refractivity contribution in [1.29, 1.82) is 0 Å². The van der Waals surface area contributed by atoms with Crippen molar-refractivity contribution in [1.82, 2.24) is 30.2 Å². The number of carbonyl (C=O) groups excluding carboxylic acids is 2. The van der Waals surface area contributed by atoms with E-state index in [-0.39, 0.29) is 18.4 Å². The summed E-state index contributed by atoms with van der Waals surface area (Å²) in [5.74, 6) is 2.31. The summed E-state index contributed by atoms with van der Waals surface area (Å²) in [6, 6.07) is 10.6. The van der Waals surface area contributed by atoms with Gasteiger partial charge in [-0.1, -0.05) is 18.2 Å². The molecule has 0 atom stereocenters. The molecule has 0 bridgehead atoms. The second kappa shape index (κ2) is 9.45. The summed E-state index contributed by atoms with van der Waals surface area (Å²) >= 11 is 0. The standard InChI is InChI=1S/C20H23N7O2/c1-14-25-17(12-18(26-14)27-11-10-21-15(27)2)22-8-9-23-19(28)13-24-20(29)16-6-4-3-5-7-16/h3-7,10-12H,8-9,13H2,1-2H3,(H,23,28)(H,24,29)(H,22,25,26). The zero-order valence-electron chi connectivity index (χ0n) is 16.3. The number of hydrogen-bond donors (Lipinski definition) is 3. The Kier molecular flexibility index (Phi) is 6.51. The van der Waals surface area contributed by atoms with Gasteiger partial charge in [-0.3, -0.25) is 14.2 Å². The van der Waals surface area contributed by atoms with E-state index in [0.717, 1.165) is 11.6 Å². The number of imidazole rings is 1. The molecule has 0 spiro atoms.